The number of nitrogens with one attached hydrogen (secondary N) is 2. The number of carboxylic acid groups (broad SMARTS) is 2. The van der Waals surface area contributed by atoms with Gasteiger partial charge in [0.2, 0.25) is 5.91 Å². The highest BCUT2D eigenvalue weighted by atomic mass is 32.2. The lowest BCUT2D eigenvalue weighted by Gasteiger charge is -2.14. The standard InChI is InChI=1S/C25H22N2O6S/c1-14-5-3-4-6-21(14)27-22(28)15(2)34-18-10-8-17(9-11-18)26-23(29)19-12-7-16(24(30)31)13-20(19)25(32)33/h3-13,15H,1-2H3,(H,26,29)(H,27,28)(H,30,31)(H,32,33). The molecule has 3 rings (SSSR count). The Morgan fingerprint density at radius 1 is 0.824 bits per heavy atom. The summed E-state index contributed by atoms with van der Waals surface area (Å²) >= 11 is 1.35. The van der Waals surface area contributed by atoms with E-state index in [4.69, 9.17) is 5.11 Å². The van der Waals surface area contributed by atoms with Gasteiger partial charge in [-0.05, 0) is 67.9 Å². The predicted molar refractivity (Wildman–Crippen MR) is 130 cm³/mol. The van der Waals surface area contributed by atoms with E-state index in [0.717, 1.165) is 22.2 Å². The minimum Gasteiger partial charge on any atom is -0.478 e. The molecule has 0 aliphatic rings. The number of carbonyl (C=O) groups is 4. The van der Waals surface area contributed by atoms with Crippen LogP contribution < -0.4 is 10.6 Å². The van der Waals surface area contributed by atoms with Crippen LogP contribution in [0.5, 0.6) is 0 Å². The number of hydrogen-bond donors (Lipinski definition) is 4. The van der Waals surface area contributed by atoms with Gasteiger partial charge in [-0.1, -0.05) is 18.2 Å². The van der Waals surface area contributed by atoms with Crippen LogP contribution >= 0.6 is 11.8 Å². The number of aromatic carboxylic acids is 2. The Morgan fingerprint density at radius 3 is 2.12 bits per heavy atom. The Labute approximate surface area is 200 Å². The molecule has 0 bridgehead atoms. The number of rotatable bonds is 8. The molecular formula is C25H22N2O6S. The maximum atomic E-state index is 12.6. The third-order valence-corrected chi connectivity index (χ3v) is 6.05. The normalized spacial score (nSPS) is 11.4. The average molecular weight is 479 g/mol. The van der Waals surface area contributed by atoms with Gasteiger partial charge in [0.15, 0.2) is 0 Å². The first-order valence-corrected chi connectivity index (χ1v) is 11.1. The molecule has 0 saturated carbocycles. The number of benzene rings is 3. The summed E-state index contributed by atoms with van der Waals surface area (Å²) in [6.07, 6.45) is 0. The van der Waals surface area contributed by atoms with E-state index in [9.17, 15) is 24.3 Å². The molecule has 0 spiro atoms. The van der Waals surface area contributed by atoms with Gasteiger partial charge in [0.1, 0.15) is 0 Å². The van der Waals surface area contributed by atoms with Crippen molar-refractivity contribution in [1.82, 2.24) is 0 Å². The number of aryl methyl sites for hydroxylation is 1. The van der Waals surface area contributed by atoms with Crippen LogP contribution in [0.1, 0.15) is 43.6 Å². The van der Waals surface area contributed by atoms with Crippen molar-refractivity contribution < 1.29 is 29.4 Å². The molecule has 0 radical (unpaired) electrons. The molecule has 9 heteroatoms. The SMILES string of the molecule is Cc1ccccc1NC(=O)C(C)Sc1ccc(NC(=O)c2ccc(C(=O)O)cc2C(=O)O)cc1. The summed E-state index contributed by atoms with van der Waals surface area (Å²) in [6.45, 7) is 3.71. The van der Waals surface area contributed by atoms with Crippen LogP contribution in [0.25, 0.3) is 0 Å². The molecule has 174 valence electrons. The van der Waals surface area contributed by atoms with Crippen LogP contribution in [0.3, 0.4) is 0 Å². The first kappa shape index (κ1) is 24.5. The Bertz CT molecular complexity index is 1260. The van der Waals surface area contributed by atoms with Crippen LogP contribution in [-0.4, -0.2) is 39.2 Å². The van der Waals surface area contributed by atoms with Crippen LogP contribution in [0.15, 0.2) is 71.6 Å². The third kappa shape index (κ3) is 6.02. The molecule has 34 heavy (non-hydrogen) atoms. The molecule has 4 N–H and O–H groups in total. The van der Waals surface area contributed by atoms with Crippen LogP contribution in [0, 0.1) is 6.92 Å². The Kier molecular flexibility index (Phi) is 7.70. The number of hydrogen-bond acceptors (Lipinski definition) is 5. The van der Waals surface area contributed by atoms with Crippen molar-refractivity contribution in [3.8, 4) is 0 Å². The average Bonchev–Trinajstić information content (AvgIpc) is 2.81. The van der Waals surface area contributed by atoms with E-state index in [1.807, 2.05) is 31.2 Å². The van der Waals surface area contributed by atoms with Crippen molar-refractivity contribution in [2.24, 2.45) is 0 Å². The van der Waals surface area contributed by atoms with Gasteiger partial charge >= 0.3 is 11.9 Å². The zero-order chi connectivity index (χ0) is 24.8. The molecule has 0 aliphatic heterocycles. The Hall–Kier alpha value is -4.11. The van der Waals surface area contributed by atoms with Gasteiger partial charge < -0.3 is 20.8 Å². The highest BCUT2D eigenvalue weighted by molar-refractivity contribution is 8.00. The summed E-state index contributed by atoms with van der Waals surface area (Å²) < 4.78 is 0. The van der Waals surface area contributed by atoms with Gasteiger partial charge in [0, 0.05) is 16.3 Å². The highest BCUT2D eigenvalue weighted by Gasteiger charge is 2.20. The van der Waals surface area contributed by atoms with Gasteiger partial charge in [-0.3, -0.25) is 9.59 Å². The first-order chi connectivity index (χ1) is 16.2. The van der Waals surface area contributed by atoms with Crippen LogP contribution in [-0.2, 0) is 4.79 Å². The first-order valence-electron chi connectivity index (χ1n) is 10.2. The van der Waals surface area contributed by atoms with Gasteiger partial charge in [-0.25, -0.2) is 9.59 Å². The molecule has 0 aromatic heterocycles. The maximum Gasteiger partial charge on any atom is 0.336 e. The molecular weight excluding hydrogens is 456 g/mol. The molecule has 1 atom stereocenters. The van der Waals surface area contributed by atoms with E-state index in [1.54, 1.807) is 31.2 Å². The lowest BCUT2D eigenvalue weighted by atomic mass is 10.0. The molecule has 3 aromatic rings. The van der Waals surface area contributed by atoms with Gasteiger partial charge in [0.25, 0.3) is 5.91 Å². The molecule has 3 aromatic carbocycles. The van der Waals surface area contributed by atoms with Crippen molar-refractivity contribution in [3.63, 3.8) is 0 Å². The molecule has 8 nitrogen and oxygen atoms in total. The van der Waals surface area contributed by atoms with Gasteiger partial charge in [-0.15, -0.1) is 11.8 Å². The second-order valence-electron chi connectivity index (χ2n) is 7.41. The maximum absolute atomic E-state index is 12.6. The van der Waals surface area contributed by atoms with Crippen molar-refractivity contribution in [3.05, 3.63) is 89.0 Å². The van der Waals surface area contributed by atoms with Crippen LogP contribution in [0.4, 0.5) is 11.4 Å². The summed E-state index contributed by atoms with van der Waals surface area (Å²) in [5, 5.41) is 23.5. The number of carbonyl (C=O) groups excluding carboxylic acids is 2. The van der Waals surface area contributed by atoms with Crippen molar-refractivity contribution >= 4 is 46.9 Å². The Balaban J connectivity index is 1.65. The summed E-state index contributed by atoms with van der Waals surface area (Å²) in [5.74, 6) is -3.51. The summed E-state index contributed by atoms with van der Waals surface area (Å²) in [6, 6.07) is 17.6. The van der Waals surface area contributed by atoms with Gasteiger partial charge in [0.05, 0.1) is 21.9 Å². The molecule has 0 saturated heterocycles. The van der Waals surface area contributed by atoms with Crippen molar-refractivity contribution in [1.29, 1.82) is 0 Å². The van der Waals surface area contributed by atoms with Crippen molar-refractivity contribution in [2.75, 3.05) is 10.6 Å². The lowest BCUT2D eigenvalue weighted by Crippen LogP contribution is -2.22. The number of amides is 2. The van der Waals surface area contributed by atoms with E-state index in [2.05, 4.69) is 10.6 Å². The molecule has 0 fully saturated rings. The van der Waals surface area contributed by atoms with Crippen molar-refractivity contribution in [2.45, 2.75) is 24.0 Å². The lowest BCUT2D eigenvalue weighted by molar-refractivity contribution is -0.115. The summed E-state index contributed by atoms with van der Waals surface area (Å²) in [7, 11) is 0. The predicted octanol–water partition coefficient (Wildman–Crippen LogP) is 4.76. The second kappa shape index (κ2) is 10.7. The molecule has 2 amide bonds. The monoisotopic (exact) mass is 478 g/mol. The number of carboxylic acids is 2. The largest absolute Gasteiger partial charge is 0.478 e. The topological polar surface area (TPSA) is 133 Å². The van der Waals surface area contributed by atoms with E-state index in [0.29, 0.717) is 5.69 Å². The molecule has 1 unspecified atom stereocenters. The quantitative estimate of drug-likeness (QED) is 0.343. The van der Waals surface area contributed by atoms with E-state index in [-0.39, 0.29) is 22.3 Å². The fourth-order valence-electron chi connectivity index (χ4n) is 3.07. The van der Waals surface area contributed by atoms with E-state index in [1.165, 1.54) is 23.9 Å². The number of para-hydroxylation sites is 1. The Morgan fingerprint density at radius 2 is 1.50 bits per heavy atom. The van der Waals surface area contributed by atoms with Crippen LogP contribution in [0.2, 0.25) is 0 Å². The minimum absolute atomic E-state index is 0.136. The summed E-state index contributed by atoms with van der Waals surface area (Å²) in [5.41, 5.74) is 1.36. The summed E-state index contributed by atoms with van der Waals surface area (Å²) in [4.78, 5) is 48.5. The minimum atomic E-state index is -1.40. The third-order valence-electron chi connectivity index (χ3n) is 4.94. The van der Waals surface area contributed by atoms with E-state index >= 15 is 0 Å². The smallest absolute Gasteiger partial charge is 0.336 e. The molecule has 0 aliphatic carbocycles. The zero-order valence-electron chi connectivity index (χ0n) is 18.4. The van der Waals surface area contributed by atoms with E-state index < -0.39 is 23.4 Å². The zero-order valence-corrected chi connectivity index (χ0v) is 19.2. The molecule has 0 heterocycles. The highest BCUT2D eigenvalue weighted by Crippen LogP contribution is 2.26. The second-order valence-corrected chi connectivity index (χ2v) is 8.83. The number of thioether (sulfide) groups is 1. The fourth-order valence-corrected chi connectivity index (χ4v) is 3.94. The fraction of sp³-hybridized carbons (Fsp3) is 0.120. The van der Waals surface area contributed by atoms with Gasteiger partial charge in [-0.2, -0.15) is 0 Å². The number of anilines is 2.